The number of nitrogens with one attached hydrogen (secondary N) is 1. The molecule has 14 heavy (non-hydrogen) atoms. The molecule has 2 aliphatic carbocycles. The summed E-state index contributed by atoms with van der Waals surface area (Å²) >= 11 is 0. The Morgan fingerprint density at radius 2 is 2.14 bits per heavy atom. The molecule has 0 aromatic heterocycles. The highest BCUT2D eigenvalue weighted by Gasteiger charge is 2.41. The summed E-state index contributed by atoms with van der Waals surface area (Å²) in [5.41, 5.74) is 0. The maximum atomic E-state index is 11.5. The van der Waals surface area contributed by atoms with Crippen LogP contribution in [0.15, 0.2) is 0 Å². The van der Waals surface area contributed by atoms with Gasteiger partial charge < -0.3 is 5.32 Å². The van der Waals surface area contributed by atoms with E-state index in [-0.39, 0.29) is 0 Å². The molecule has 0 radical (unpaired) electrons. The van der Waals surface area contributed by atoms with Crippen molar-refractivity contribution >= 4 is 5.91 Å². The molecule has 4 atom stereocenters. The number of rotatable bonds is 2. The van der Waals surface area contributed by atoms with Gasteiger partial charge in [-0.2, -0.15) is 0 Å². The second-order valence-corrected chi connectivity index (χ2v) is 5.45. The van der Waals surface area contributed by atoms with Gasteiger partial charge in [0, 0.05) is 12.5 Å². The van der Waals surface area contributed by atoms with Crippen LogP contribution in [0.1, 0.15) is 38.5 Å². The average molecular weight is 193 g/mol. The first-order chi connectivity index (χ1) is 6.83. The summed E-state index contributed by atoms with van der Waals surface area (Å²) in [6, 6.07) is 0. The molecule has 0 aromatic carbocycles. The standard InChI is InChI=1S/C12H19NO/c14-12-10(3-4-13-12)7-11-6-8-1-2-9(11)5-8/h8-11H,1-7H2,(H,13,14). The molecule has 3 aliphatic rings. The highest BCUT2D eigenvalue weighted by Crippen LogP contribution is 2.50. The minimum atomic E-state index is 0.327. The summed E-state index contributed by atoms with van der Waals surface area (Å²) in [7, 11) is 0. The van der Waals surface area contributed by atoms with E-state index in [0.717, 1.165) is 30.7 Å². The highest BCUT2D eigenvalue weighted by molar-refractivity contribution is 5.80. The lowest BCUT2D eigenvalue weighted by Gasteiger charge is -2.23. The van der Waals surface area contributed by atoms with Crippen molar-refractivity contribution < 1.29 is 4.79 Å². The first kappa shape index (κ1) is 8.75. The molecule has 0 aromatic rings. The van der Waals surface area contributed by atoms with Gasteiger partial charge in [-0.15, -0.1) is 0 Å². The van der Waals surface area contributed by atoms with Gasteiger partial charge in [0.25, 0.3) is 0 Å². The molecule has 78 valence electrons. The Morgan fingerprint density at radius 1 is 1.21 bits per heavy atom. The van der Waals surface area contributed by atoms with Gasteiger partial charge in [0.05, 0.1) is 0 Å². The van der Waals surface area contributed by atoms with E-state index in [9.17, 15) is 4.79 Å². The fraction of sp³-hybridized carbons (Fsp3) is 0.917. The summed E-state index contributed by atoms with van der Waals surface area (Å²) in [6.45, 7) is 0.921. The summed E-state index contributed by atoms with van der Waals surface area (Å²) in [6.07, 6.45) is 8.09. The Hall–Kier alpha value is -0.530. The molecule has 2 bridgehead atoms. The van der Waals surface area contributed by atoms with Gasteiger partial charge in [0.1, 0.15) is 0 Å². The number of hydrogen-bond acceptors (Lipinski definition) is 1. The first-order valence-electron chi connectivity index (χ1n) is 6.10. The molecule has 4 unspecified atom stereocenters. The Morgan fingerprint density at radius 3 is 2.71 bits per heavy atom. The zero-order chi connectivity index (χ0) is 9.54. The van der Waals surface area contributed by atoms with E-state index in [4.69, 9.17) is 0 Å². The third-order valence-electron chi connectivity index (χ3n) is 4.63. The Kier molecular flexibility index (Phi) is 2.03. The highest BCUT2D eigenvalue weighted by atomic mass is 16.2. The van der Waals surface area contributed by atoms with E-state index in [1.165, 1.54) is 32.1 Å². The normalized spacial score (nSPS) is 45.9. The summed E-state index contributed by atoms with van der Waals surface area (Å²) in [5.74, 6) is 3.58. The zero-order valence-corrected chi connectivity index (χ0v) is 8.67. The van der Waals surface area contributed by atoms with Gasteiger partial charge in [0.2, 0.25) is 5.91 Å². The molecule has 1 amide bonds. The average Bonchev–Trinajstić information content (AvgIpc) is 2.83. The minimum Gasteiger partial charge on any atom is -0.356 e. The number of fused-ring (bicyclic) bond motifs is 2. The lowest BCUT2D eigenvalue weighted by molar-refractivity contribution is -0.123. The van der Waals surface area contributed by atoms with Crippen LogP contribution in [0.5, 0.6) is 0 Å². The van der Waals surface area contributed by atoms with Crippen LogP contribution < -0.4 is 5.32 Å². The van der Waals surface area contributed by atoms with E-state index >= 15 is 0 Å². The molecule has 2 saturated carbocycles. The third kappa shape index (κ3) is 1.35. The Bertz CT molecular complexity index is 251. The largest absolute Gasteiger partial charge is 0.356 e. The lowest BCUT2D eigenvalue weighted by atomic mass is 9.82. The molecule has 2 nitrogen and oxygen atoms in total. The number of amides is 1. The Balaban J connectivity index is 1.60. The van der Waals surface area contributed by atoms with Crippen LogP contribution in [-0.4, -0.2) is 12.5 Å². The molecule has 1 heterocycles. The molecule has 1 saturated heterocycles. The van der Waals surface area contributed by atoms with Crippen molar-refractivity contribution in [2.45, 2.75) is 38.5 Å². The second kappa shape index (κ2) is 3.25. The predicted molar refractivity (Wildman–Crippen MR) is 54.7 cm³/mol. The van der Waals surface area contributed by atoms with Crippen molar-refractivity contribution in [1.82, 2.24) is 5.32 Å². The maximum Gasteiger partial charge on any atom is 0.223 e. The van der Waals surface area contributed by atoms with Gasteiger partial charge in [-0.25, -0.2) is 0 Å². The van der Waals surface area contributed by atoms with Crippen molar-refractivity contribution in [2.75, 3.05) is 6.54 Å². The van der Waals surface area contributed by atoms with Crippen molar-refractivity contribution in [1.29, 1.82) is 0 Å². The van der Waals surface area contributed by atoms with E-state index < -0.39 is 0 Å². The van der Waals surface area contributed by atoms with Crippen molar-refractivity contribution in [2.24, 2.45) is 23.7 Å². The molecular weight excluding hydrogens is 174 g/mol. The zero-order valence-electron chi connectivity index (χ0n) is 8.67. The van der Waals surface area contributed by atoms with Crippen LogP contribution in [0.25, 0.3) is 0 Å². The molecule has 1 aliphatic heterocycles. The first-order valence-corrected chi connectivity index (χ1v) is 6.10. The quantitative estimate of drug-likeness (QED) is 0.713. The molecule has 2 heteroatoms. The van der Waals surface area contributed by atoms with Gasteiger partial charge >= 0.3 is 0 Å². The van der Waals surface area contributed by atoms with E-state index in [2.05, 4.69) is 5.32 Å². The minimum absolute atomic E-state index is 0.327. The number of hydrogen-bond donors (Lipinski definition) is 1. The fourth-order valence-corrected chi connectivity index (χ4v) is 3.90. The summed E-state index contributed by atoms with van der Waals surface area (Å²) in [5, 5.41) is 2.95. The van der Waals surface area contributed by atoms with E-state index in [0.29, 0.717) is 11.8 Å². The molecule has 0 spiro atoms. The topological polar surface area (TPSA) is 29.1 Å². The number of carbonyl (C=O) groups is 1. The second-order valence-electron chi connectivity index (χ2n) is 5.45. The van der Waals surface area contributed by atoms with Crippen LogP contribution in [-0.2, 0) is 4.79 Å². The smallest absolute Gasteiger partial charge is 0.223 e. The van der Waals surface area contributed by atoms with Crippen LogP contribution in [0.2, 0.25) is 0 Å². The van der Waals surface area contributed by atoms with Crippen LogP contribution in [0.4, 0.5) is 0 Å². The van der Waals surface area contributed by atoms with Gasteiger partial charge in [0.15, 0.2) is 0 Å². The molecule has 3 rings (SSSR count). The van der Waals surface area contributed by atoms with Crippen LogP contribution in [0.3, 0.4) is 0 Å². The van der Waals surface area contributed by atoms with Crippen molar-refractivity contribution in [3.05, 3.63) is 0 Å². The fourth-order valence-electron chi connectivity index (χ4n) is 3.90. The monoisotopic (exact) mass is 193 g/mol. The van der Waals surface area contributed by atoms with Gasteiger partial charge in [-0.3, -0.25) is 4.79 Å². The van der Waals surface area contributed by atoms with Crippen LogP contribution in [0, 0.1) is 23.7 Å². The van der Waals surface area contributed by atoms with Crippen molar-refractivity contribution in [3.63, 3.8) is 0 Å². The molecule has 1 N–H and O–H groups in total. The maximum absolute atomic E-state index is 11.5. The molecular formula is C12H19NO. The van der Waals surface area contributed by atoms with E-state index in [1.54, 1.807) is 0 Å². The van der Waals surface area contributed by atoms with Crippen molar-refractivity contribution in [3.8, 4) is 0 Å². The Labute approximate surface area is 85.4 Å². The number of carbonyl (C=O) groups excluding carboxylic acids is 1. The van der Waals surface area contributed by atoms with Gasteiger partial charge in [-0.05, 0) is 49.9 Å². The molecule has 3 fully saturated rings. The SMILES string of the molecule is O=C1NCCC1CC1CC2CCC1C2. The third-order valence-corrected chi connectivity index (χ3v) is 4.63. The lowest BCUT2D eigenvalue weighted by Crippen LogP contribution is -2.22. The predicted octanol–water partition coefficient (Wildman–Crippen LogP) is 1.95. The van der Waals surface area contributed by atoms with Crippen LogP contribution >= 0.6 is 0 Å². The van der Waals surface area contributed by atoms with E-state index in [1.807, 2.05) is 0 Å². The van der Waals surface area contributed by atoms with Gasteiger partial charge in [-0.1, -0.05) is 6.42 Å². The summed E-state index contributed by atoms with van der Waals surface area (Å²) < 4.78 is 0. The summed E-state index contributed by atoms with van der Waals surface area (Å²) in [4.78, 5) is 11.5.